The van der Waals surface area contributed by atoms with E-state index in [1.54, 1.807) is 0 Å². The summed E-state index contributed by atoms with van der Waals surface area (Å²) >= 11 is 0. The van der Waals surface area contributed by atoms with Gasteiger partial charge < -0.3 is 4.74 Å². The number of allylic oxidation sites excluding steroid dienone is 1. The quantitative estimate of drug-likeness (QED) is 0.371. The van der Waals surface area contributed by atoms with Crippen LogP contribution in [-0.2, 0) is 4.74 Å². The fourth-order valence-corrected chi connectivity index (χ4v) is 1.50. The molecule has 0 unspecified atom stereocenters. The molecule has 1 saturated heterocycles. The zero-order valence-electron chi connectivity index (χ0n) is 5.71. The van der Waals surface area contributed by atoms with E-state index in [2.05, 4.69) is 12.1 Å². The Bertz CT molecular complexity index is 216. The van der Waals surface area contributed by atoms with Gasteiger partial charge in [-0.05, 0) is 19.3 Å². The van der Waals surface area contributed by atoms with Gasteiger partial charge in [0.15, 0.2) is 6.10 Å². The molecule has 2 nitrogen and oxygen atoms in total. The predicted molar refractivity (Wildman–Crippen MR) is 36.2 cm³/mol. The highest BCUT2D eigenvalue weighted by Crippen LogP contribution is 2.44. The second-order valence-corrected chi connectivity index (χ2v) is 2.88. The summed E-state index contributed by atoms with van der Waals surface area (Å²) in [6, 6.07) is 2.13. The van der Waals surface area contributed by atoms with Crippen molar-refractivity contribution in [2.24, 2.45) is 0 Å². The van der Waals surface area contributed by atoms with Crippen LogP contribution in [-0.4, -0.2) is 11.7 Å². The van der Waals surface area contributed by atoms with E-state index in [4.69, 9.17) is 10.00 Å². The van der Waals surface area contributed by atoms with Gasteiger partial charge >= 0.3 is 0 Å². The maximum Gasteiger partial charge on any atom is 0.177 e. The van der Waals surface area contributed by atoms with Crippen molar-refractivity contribution in [3.05, 3.63) is 12.2 Å². The molecular weight excluding hydrogens is 126 g/mol. The Labute approximate surface area is 60.1 Å². The number of epoxide rings is 1. The molecule has 2 aliphatic rings. The molecule has 0 amide bonds. The zero-order valence-corrected chi connectivity index (χ0v) is 5.71. The van der Waals surface area contributed by atoms with Gasteiger partial charge in [0.2, 0.25) is 0 Å². The summed E-state index contributed by atoms with van der Waals surface area (Å²) < 4.78 is 5.25. The third-order valence-corrected chi connectivity index (χ3v) is 2.18. The molecule has 10 heavy (non-hydrogen) atoms. The van der Waals surface area contributed by atoms with Gasteiger partial charge in [-0.25, -0.2) is 0 Å². The summed E-state index contributed by atoms with van der Waals surface area (Å²) in [6.07, 6.45) is 7.34. The Morgan fingerprint density at radius 3 is 3.10 bits per heavy atom. The van der Waals surface area contributed by atoms with Gasteiger partial charge in [0.1, 0.15) is 5.60 Å². The highest BCUT2D eigenvalue weighted by atomic mass is 16.6. The standard InChI is InChI=1S/C8H9NO/c9-6-7-8(10-7)4-2-1-3-5-8/h2,4,7H,1,3,5H2/t7-,8-/m0/s1. The van der Waals surface area contributed by atoms with Crippen LogP contribution in [0.5, 0.6) is 0 Å². The normalized spacial score (nSPS) is 43.3. The molecule has 0 aromatic rings. The van der Waals surface area contributed by atoms with Crippen LogP contribution in [0.3, 0.4) is 0 Å². The molecule has 0 radical (unpaired) electrons. The largest absolute Gasteiger partial charge is 0.345 e. The van der Waals surface area contributed by atoms with Crippen molar-refractivity contribution < 1.29 is 4.74 Å². The summed E-state index contributed by atoms with van der Waals surface area (Å²) in [5, 5.41) is 8.51. The van der Waals surface area contributed by atoms with E-state index in [9.17, 15) is 0 Å². The van der Waals surface area contributed by atoms with Crippen LogP contribution in [0.2, 0.25) is 0 Å². The molecule has 0 aromatic carbocycles. The van der Waals surface area contributed by atoms with Gasteiger partial charge in [-0.1, -0.05) is 12.2 Å². The number of hydrogen-bond donors (Lipinski definition) is 0. The van der Waals surface area contributed by atoms with Crippen LogP contribution >= 0.6 is 0 Å². The van der Waals surface area contributed by atoms with Crippen LogP contribution < -0.4 is 0 Å². The summed E-state index contributed by atoms with van der Waals surface area (Å²) in [7, 11) is 0. The molecule has 2 heteroatoms. The third kappa shape index (κ3) is 0.676. The van der Waals surface area contributed by atoms with Gasteiger partial charge in [-0.15, -0.1) is 0 Å². The van der Waals surface area contributed by atoms with E-state index < -0.39 is 0 Å². The lowest BCUT2D eigenvalue weighted by Gasteiger charge is -2.09. The maximum atomic E-state index is 8.51. The average molecular weight is 135 g/mol. The van der Waals surface area contributed by atoms with Crippen LogP contribution in [0.25, 0.3) is 0 Å². The Morgan fingerprint density at radius 1 is 1.70 bits per heavy atom. The molecule has 52 valence electrons. The highest BCUT2D eigenvalue weighted by Gasteiger charge is 2.55. The fraction of sp³-hybridized carbons (Fsp3) is 0.625. The van der Waals surface area contributed by atoms with E-state index in [1.165, 1.54) is 0 Å². The third-order valence-electron chi connectivity index (χ3n) is 2.18. The SMILES string of the molecule is N#C[C@@H]1O[C@]12C=CCCC2. The van der Waals surface area contributed by atoms with E-state index in [0.717, 1.165) is 19.3 Å². The summed E-state index contributed by atoms with van der Waals surface area (Å²) in [4.78, 5) is 0. The summed E-state index contributed by atoms with van der Waals surface area (Å²) in [5.41, 5.74) is -0.146. The Hall–Kier alpha value is -0.810. The Balaban J connectivity index is 2.13. The van der Waals surface area contributed by atoms with Gasteiger partial charge in [0.05, 0.1) is 6.07 Å². The summed E-state index contributed by atoms with van der Waals surface area (Å²) in [6.45, 7) is 0. The highest BCUT2D eigenvalue weighted by molar-refractivity contribution is 5.25. The van der Waals surface area contributed by atoms with Gasteiger partial charge in [-0.2, -0.15) is 5.26 Å². The number of nitrogens with zero attached hydrogens (tertiary/aromatic N) is 1. The topological polar surface area (TPSA) is 36.3 Å². The van der Waals surface area contributed by atoms with E-state index >= 15 is 0 Å². The number of nitriles is 1. The second-order valence-electron chi connectivity index (χ2n) is 2.88. The first-order valence-electron chi connectivity index (χ1n) is 3.62. The second kappa shape index (κ2) is 1.83. The molecule has 0 aromatic heterocycles. The smallest absolute Gasteiger partial charge is 0.177 e. The first kappa shape index (κ1) is 5.94. The molecule has 1 fully saturated rings. The zero-order chi connectivity index (χ0) is 7.03. The molecule has 1 heterocycles. The molecule has 2 atom stereocenters. The fourth-order valence-electron chi connectivity index (χ4n) is 1.50. The Kier molecular flexibility index (Phi) is 1.09. The van der Waals surface area contributed by atoms with Crippen molar-refractivity contribution >= 4 is 0 Å². The minimum absolute atomic E-state index is 0.146. The first-order valence-corrected chi connectivity index (χ1v) is 3.62. The Morgan fingerprint density at radius 2 is 2.60 bits per heavy atom. The van der Waals surface area contributed by atoms with E-state index in [-0.39, 0.29) is 11.7 Å². The van der Waals surface area contributed by atoms with Crippen LogP contribution in [0, 0.1) is 11.3 Å². The molecule has 0 N–H and O–H groups in total. The molecule has 1 spiro atoms. The number of ether oxygens (including phenoxy) is 1. The van der Waals surface area contributed by atoms with Crippen LogP contribution in [0.4, 0.5) is 0 Å². The molecule has 0 bridgehead atoms. The minimum Gasteiger partial charge on any atom is -0.345 e. The van der Waals surface area contributed by atoms with Crippen molar-refractivity contribution in [1.82, 2.24) is 0 Å². The predicted octanol–water partition coefficient (Wildman–Crippen LogP) is 1.39. The first-order chi connectivity index (χ1) is 4.87. The van der Waals surface area contributed by atoms with Crippen molar-refractivity contribution in [1.29, 1.82) is 5.26 Å². The van der Waals surface area contributed by atoms with E-state index in [1.807, 2.05) is 6.08 Å². The summed E-state index contributed by atoms with van der Waals surface area (Å²) in [5.74, 6) is 0. The lowest BCUT2D eigenvalue weighted by molar-refractivity contribution is 0.318. The van der Waals surface area contributed by atoms with Crippen molar-refractivity contribution in [2.45, 2.75) is 31.0 Å². The molecule has 2 rings (SSSR count). The van der Waals surface area contributed by atoms with Crippen molar-refractivity contribution in [2.75, 3.05) is 0 Å². The van der Waals surface area contributed by atoms with Gasteiger partial charge in [-0.3, -0.25) is 0 Å². The lowest BCUT2D eigenvalue weighted by Crippen LogP contribution is -2.13. The number of rotatable bonds is 0. The average Bonchev–Trinajstić information content (AvgIpc) is 2.65. The number of hydrogen-bond acceptors (Lipinski definition) is 2. The van der Waals surface area contributed by atoms with Gasteiger partial charge in [0.25, 0.3) is 0 Å². The molecule has 0 saturated carbocycles. The van der Waals surface area contributed by atoms with Gasteiger partial charge in [0, 0.05) is 0 Å². The van der Waals surface area contributed by atoms with Crippen LogP contribution in [0.15, 0.2) is 12.2 Å². The van der Waals surface area contributed by atoms with E-state index in [0.29, 0.717) is 0 Å². The van der Waals surface area contributed by atoms with Crippen molar-refractivity contribution in [3.8, 4) is 6.07 Å². The minimum atomic E-state index is -0.149. The monoisotopic (exact) mass is 135 g/mol. The lowest BCUT2D eigenvalue weighted by atomic mass is 9.93. The van der Waals surface area contributed by atoms with Crippen LogP contribution in [0.1, 0.15) is 19.3 Å². The molecule has 1 aliphatic heterocycles. The maximum absolute atomic E-state index is 8.51. The molecule has 1 aliphatic carbocycles. The molecular formula is C8H9NO. The van der Waals surface area contributed by atoms with Crippen molar-refractivity contribution in [3.63, 3.8) is 0 Å².